The molecule has 0 aromatic carbocycles. The monoisotopic (exact) mass is 548 g/mol. The van der Waals surface area contributed by atoms with Gasteiger partial charge in [-0.15, -0.1) is 0 Å². The number of pyridine rings is 1. The minimum atomic E-state index is 0. The Labute approximate surface area is 250 Å². The Morgan fingerprint density at radius 2 is 1.65 bits per heavy atom. The zero-order chi connectivity index (χ0) is 27.1. The zero-order valence-electron chi connectivity index (χ0n) is 25.9. The Bertz CT molecular complexity index is 998. The van der Waals surface area contributed by atoms with Crippen LogP contribution in [0.1, 0.15) is 158 Å². The van der Waals surface area contributed by atoms with E-state index in [2.05, 4.69) is 76.7 Å². The SMILES string of the molecule is C.C.CC#Cc1ccc([C@@H](C)C(CC)C2CC[C@H]3[C@@H]4CC[C@@H]5C[C@@](C)(C[C@@H](C)CC)CCC5[C@H]4CC[C@]23C)cn1. The second-order valence-corrected chi connectivity index (χ2v) is 15.1. The van der Waals surface area contributed by atoms with Gasteiger partial charge in [-0.3, -0.25) is 0 Å². The fourth-order valence-corrected chi connectivity index (χ4v) is 11.2. The fourth-order valence-electron chi connectivity index (χ4n) is 11.2. The second-order valence-electron chi connectivity index (χ2n) is 15.1. The lowest BCUT2D eigenvalue weighted by atomic mass is 9.47. The maximum atomic E-state index is 4.68. The molecule has 0 N–H and O–H groups in total. The highest BCUT2D eigenvalue weighted by Crippen LogP contribution is 2.67. The van der Waals surface area contributed by atoms with Gasteiger partial charge in [0.25, 0.3) is 0 Å². The van der Waals surface area contributed by atoms with Crippen LogP contribution in [0.3, 0.4) is 0 Å². The quantitative estimate of drug-likeness (QED) is 0.309. The standard InChI is InChI=1S/C37H57N.2CH4/c1-8-11-29-14-12-28(24-38-29)26(5)30(10-3)34-16-17-35-33-15-13-27-23-36(6,22-25(4)9-2)20-18-31(27)32(33)19-21-37(34,35)7;;/h12,14,24-27,30-35H,9-10,13,15-23H2,1-7H3;2*1H4/t25-,26+,27+,30?,31?,32+,33+,34?,35-,36+,37+;;/m0../s1. The predicted molar refractivity (Wildman–Crippen MR) is 175 cm³/mol. The van der Waals surface area contributed by atoms with Crippen molar-refractivity contribution in [3.05, 3.63) is 29.6 Å². The highest BCUT2D eigenvalue weighted by atomic mass is 14.7. The number of hydrogen-bond donors (Lipinski definition) is 0. The molecule has 0 spiro atoms. The molecule has 40 heavy (non-hydrogen) atoms. The van der Waals surface area contributed by atoms with Crippen LogP contribution in [0.5, 0.6) is 0 Å². The van der Waals surface area contributed by atoms with Crippen LogP contribution >= 0.6 is 0 Å². The van der Waals surface area contributed by atoms with Crippen LogP contribution in [-0.4, -0.2) is 4.98 Å². The molecule has 1 nitrogen and oxygen atoms in total. The Kier molecular flexibility index (Phi) is 11.1. The van der Waals surface area contributed by atoms with E-state index in [1.807, 2.05) is 6.92 Å². The van der Waals surface area contributed by atoms with Crippen molar-refractivity contribution in [1.82, 2.24) is 4.98 Å². The number of hydrogen-bond acceptors (Lipinski definition) is 1. The topological polar surface area (TPSA) is 12.9 Å². The first-order chi connectivity index (χ1) is 18.2. The fraction of sp³-hybridized carbons (Fsp3) is 0.821. The van der Waals surface area contributed by atoms with Gasteiger partial charge in [0, 0.05) is 6.20 Å². The van der Waals surface area contributed by atoms with Gasteiger partial charge in [0.15, 0.2) is 0 Å². The van der Waals surface area contributed by atoms with Gasteiger partial charge >= 0.3 is 0 Å². The van der Waals surface area contributed by atoms with Gasteiger partial charge in [-0.25, -0.2) is 4.98 Å². The molecule has 3 unspecified atom stereocenters. The van der Waals surface area contributed by atoms with Crippen LogP contribution in [0.15, 0.2) is 18.3 Å². The van der Waals surface area contributed by atoms with Crippen molar-refractivity contribution in [1.29, 1.82) is 0 Å². The van der Waals surface area contributed by atoms with Crippen LogP contribution in [-0.2, 0) is 0 Å². The van der Waals surface area contributed by atoms with E-state index in [0.29, 0.717) is 16.7 Å². The lowest BCUT2D eigenvalue weighted by molar-refractivity contribution is -0.0866. The van der Waals surface area contributed by atoms with E-state index in [-0.39, 0.29) is 14.9 Å². The lowest BCUT2D eigenvalue weighted by Gasteiger charge is -2.58. The van der Waals surface area contributed by atoms with Crippen molar-refractivity contribution < 1.29 is 0 Å². The summed E-state index contributed by atoms with van der Waals surface area (Å²) >= 11 is 0. The first-order valence-corrected chi connectivity index (χ1v) is 16.6. The third-order valence-electron chi connectivity index (χ3n) is 13.2. The molecule has 11 atom stereocenters. The third-order valence-corrected chi connectivity index (χ3v) is 13.2. The largest absolute Gasteiger partial charge is 0.248 e. The molecule has 4 aliphatic rings. The minimum Gasteiger partial charge on any atom is -0.248 e. The molecule has 0 bridgehead atoms. The lowest BCUT2D eigenvalue weighted by Crippen LogP contribution is -2.50. The van der Waals surface area contributed by atoms with E-state index < -0.39 is 0 Å². The van der Waals surface area contributed by atoms with Crippen LogP contribution in [0.25, 0.3) is 0 Å². The summed E-state index contributed by atoms with van der Waals surface area (Å²) in [5.41, 5.74) is 3.48. The molecule has 0 radical (unpaired) electrons. The molecule has 4 fully saturated rings. The molecule has 1 heteroatoms. The summed E-state index contributed by atoms with van der Waals surface area (Å²) < 4.78 is 0. The number of aromatic nitrogens is 1. The summed E-state index contributed by atoms with van der Waals surface area (Å²) in [5.74, 6) is 14.3. The average molecular weight is 548 g/mol. The molecule has 1 aromatic rings. The van der Waals surface area contributed by atoms with Gasteiger partial charge in [0.05, 0.1) is 0 Å². The van der Waals surface area contributed by atoms with Gasteiger partial charge < -0.3 is 0 Å². The van der Waals surface area contributed by atoms with Gasteiger partial charge in [-0.2, -0.15) is 0 Å². The molecule has 0 aliphatic heterocycles. The molecule has 1 aromatic heterocycles. The average Bonchev–Trinajstić information content (AvgIpc) is 3.26. The maximum Gasteiger partial charge on any atom is 0.113 e. The van der Waals surface area contributed by atoms with Crippen LogP contribution in [0.4, 0.5) is 0 Å². The summed E-state index contributed by atoms with van der Waals surface area (Å²) in [4.78, 5) is 4.68. The molecule has 0 amide bonds. The van der Waals surface area contributed by atoms with Crippen molar-refractivity contribution in [3.63, 3.8) is 0 Å². The van der Waals surface area contributed by atoms with Crippen molar-refractivity contribution >= 4 is 0 Å². The molecular weight excluding hydrogens is 482 g/mol. The Morgan fingerprint density at radius 3 is 2.30 bits per heavy atom. The van der Waals surface area contributed by atoms with Gasteiger partial charge in [-0.1, -0.05) is 81.2 Å². The van der Waals surface area contributed by atoms with Crippen molar-refractivity contribution in [2.45, 2.75) is 146 Å². The van der Waals surface area contributed by atoms with E-state index in [1.54, 1.807) is 0 Å². The van der Waals surface area contributed by atoms with Gasteiger partial charge in [0.1, 0.15) is 5.69 Å². The van der Waals surface area contributed by atoms with E-state index in [4.69, 9.17) is 0 Å². The summed E-state index contributed by atoms with van der Waals surface area (Å²) in [6.07, 6.45) is 19.8. The summed E-state index contributed by atoms with van der Waals surface area (Å²) in [6, 6.07) is 4.45. The van der Waals surface area contributed by atoms with Crippen LogP contribution in [0, 0.1) is 70.0 Å². The normalized spacial score (nSPS) is 38.6. The zero-order valence-corrected chi connectivity index (χ0v) is 25.9. The molecule has 5 rings (SSSR count). The van der Waals surface area contributed by atoms with E-state index in [1.165, 1.54) is 82.6 Å². The molecular formula is C39H65N. The minimum absolute atomic E-state index is 0. The number of nitrogens with zero attached hydrogens (tertiary/aromatic N) is 1. The van der Waals surface area contributed by atoms with E-state index in [0.717, 1.165) is 53.0 Å². The highest BCUT2D eigenvalue weighted by molar-refractivity contribution is 5.30. The summed E-state index contributed by atoms with van der Waals surface area (Å²) in [7, 11) is 0. The Balaban J connectivity index is 0.00000220. The molecule has 4 aliphatic carbocycles. The number of rotatable bonds is 7. The smallest absolute Gasteiger partial charge is 0.113 e. The molecule has 226 valence electrons. The van der Waals surface area contributed by atoms with Crippen molar-refractivity contribution in [3.8, 4) is 11.8 Å². The Morgan fingerprint density at radius 1 is 0.900 bits per heavy atom. The first kappa shape index (κ1) is 33.2. The van der Waals surface area contributed by atoms with Crippen LogP contribution in [0.2, 0.25) is 0 Å². The van der Waals surface area contributed by atoms with E-state index in [9.17, 15) is 0 Å². The van der Waals surface area contributed by atoms with E-state index >= 15 is 0 Å². The summed E-state index contributed by atoms with van der Waals surface area (Å²) in [5, 5.41) is 0. The molecule has 0 saturated heterocycles. The molecule has 1 heterocycles. The highest BCUT2D eigenvalue weighted by Gasteiger charge is 2.58. The Hall–Kier alpha value is -1.29. The molecule has 4 saturated carbocycles. The van der Waals surface area contributed by atoms with Crippen molar-refractivity contribution in [2.75, 3.05) is 0 Å². The van der Waals surface area contributed by atoms with Gasteiger partial charge in [-0.05, 0) is 153 Å². The van der Waals surface area contributed by atoms with Crippen LogP contribution < -0.4 is 0 Å². The second kappa shape index (κ2) is 13.3. The van der Waals surface area contributed by atoms with Gasteiger partial charge in [0.2, 0.25) is 0 Å². The first-order valence-electron chi connectivity index (χ1n) is 16.6. The maximum absolute atomic E-state index is 4.68. The van der Waals surface area contributed by atoms with Crippen molar-refractivity contribution in [2.24, 2.45) is 58.2 Å². The summed E-state index contributed by atoms with van der Waals surface area (Å²) in [6.45, 7) is 17.1. The predicted octanol–water partition coefficient (Wildman–Crippen LogP) is 11.6. The number of fused-ring (bicyclic) bond motifs is 5. The third kappa shape index (κ3) is 6.09.